The molecule has 0 aromatic rings. The summed E-state index contributed by atoms with van der Waals surface area (Å²) in [5.74, 6) is -8.20. The Morgan fingerprint density at radius 1 is 0.560 bits per heavy atom. The number of allylic oxidation sites excluding steroid dienone is 2. The summed E-state index contributed by atoms with van der Waals surface area (Å²) in [5.41, 5.74) is -5.93. The molecular formula is C68H108O32. The summed E-state index contributed by atoms with van der Waals surface area (Å²) < 4.78 is 72.6. The van der Waals surface area contributed by atoms with Crippen molar-refractivity contribution in [1.29, 1.82) is 0 Å². The van der Waals surface area contributed by atoms with E-state index in [0.717, 1.165) is 5.57 Å². The number of esters is 3. The van der Waals surface area contributed by atoms with Crippen LogP contribution in [-0.4, -0.2) is 297 Å². The molecule has 9 fully saturated rings. The second-order valence-electron chi connectivity index (χ2n) is 32.1. The van der Waals surface area contributed by atoms with Crippen LogP contribution in [-0.2, 0) is 76.0 Å². The summed E-state index contributed by atoms with van der Waals surface area (Å²) in [6, 6.07) is 0. The molecule has 16 N–H and O–H groups in total. The highest BCUT2D eigenvalue weighted by atomic mass is 16.8. The van der Waals surface area contributed by atoms with Crippen molar-refractivity contribution in [2.45, 2.75) is 306 Å². The molecule has 572 valence electrons. The second-order valence-corrected chi connectivity index (χ2v) is 32.1. The summed E-state index contributed by atoms with van der Waals surface area (Å²) in [4.78, 5) is 57.2. The summed E-state index contributed by atoms with van der Waals surface area (Å²) in [6.07, 6.45) is -44.0. The van der Waals surface area contributed by atoms with E-state index in [-0.39, 0.29) is 31.6 Å². The molecule has 10 aliphatic rings. The Morgan fingerprint density at radius 3 is 1.70 bits per heavy atom. The molecule has 0 amide bonds. The number of carbonyl (C=O) groups is 4. The average molecular weight is 1440 g/mol. The van der Waals surface area contributed by atoms with Crippen LogP contribution < -0.4 is 0 Å². The Morgan fingerprint density at radius 2 is 1.11 bits per heavy atom. The predicted octanol–water partition coefficient (Wildman–Crippen LogP) is -2.74. The molecule has 38 unspecified atom stereocenters. The quantitative estimate of drug-likeness (QED) is 0.0287. The minimum absolute atomic E-state index is 0.00494. The van der Waals surface area contributed by atoms with Crippen LogP contribution in [0.15, 0.2) is 11.6 Å². The van der Waals surface area contributed by atoms with Crippen molar-refractivity contribution >= 4 is 23.9 Å². The lowest BCUT2D eigenvalue weighted by Gasteiger charge is -2.71. The lowest BCUT2D eigenvalue weighted by molar-refractivity contribution is -0.394. The molecule has 10 rings (SSSR count). The zero-order valence-electron chi connectivity index (χ0n) is 58.6. The van der Waals surface area contributed by atoms with Crippen molar-refractivity contribution in [1.82, 2.24) is 0 Å². The molecule has 0 spiro atoms. The average Bonchev–Trinajstić information content (AvgIpc) is 0.668. The maximum atomic E-state index is 16.1. The Hall–Kier alpha value is -3.34. The highest BCUT2D eigenvalue weighted by Gasteiger charge is 2.75. The third-order valence-electron chi connectivity index (χ3n) is 25.5. The fraction of sp³-hybridized carbons (Fsp3) is 0.912. The van der Waals surface area contributed by atoms with Gasteiger partial charge in [0.15, 0.2) is 37.4 Å². The lowest BCUT2D eigenvalue weighted by Crippen LogP contribution is -2.71. The maximum absolute atomic E-state index is 16.1. The number of hydrogen-bond acceptors (Lipinski definition) is 31. The summed E-state index contributed by atoms with van der Waals surface area (Å²) in [6.45, 7) is 18.2. The highest BCUT2D eigenvalue weighted by molar-refractivity contribution is 5.80. The standard InChI is InChI=1S/C68H108O32/c1-25(27(3)70)54(84)91-28(4)26(2)55(85)95-49-29(5)93-60(52(47(49)82)98-59-51(97-57-45(80)41(76)35(73)24-90-57)48(83)50(30(6)92-59)96-56-44(79)40(75)34(72)23-89-56)100-62(88)68-18-17-63(7,8)19-32(68)31-13-14-37-64(9)20-33(71)53(99-58-46(81)43(78)42(77)36(22-69)94-58)67(12,61(86)87)38(64)15-16-65(37,10)66(31,11)21-39(68)74/h13,25-30,32-53,56-60,69-83H,14-24H2,1-12H3,(H,86,87). The van der Waals surface area contributed by atoms with E-state index in [1.807, 2.05) is 27.7 Å². The molecular weight excluding hydrogens is 1330 g/mol. The number of carboxylic acids is 1. The van der Waals surface area contributed by atoms with Gasteiger partial charge in [0.1, 0.15) is 103 Å². The van der Waals surface area contributed by atoms with Gasteiger partial charge in [0.05, 0.1) is 67.6 Å². The Bertz CT molecular complexity index is 2940. The molecule has 5 aliphatic carbocycles. The van der Waals surface area contributed by atoms with E-state index >= 15 is 4.79 Å². The van der Waals surface area contributed by atoms with Crippen molar-refractivity contribution in [3.8, 4) is 0 Å². The van der Waals surface area contributed by atoms with E-state index in [9.17, 15) is 96.1 Å². The number of ether oxygens (including phenoxy) is 12. The number of aliphatic hydroxyl groups is 15. The van der Waals surface area contributed by atoms with Gasteiger partial charge in [-0.3, -0.25) is 19.2 Å². The van der Waals surface area contributed by atoms with Gasteiger partial charge in [0, 0.05) is 0 Å². The third-order valence-corrected chi connectivity index (χ3v) is 25.5. The maximum Gasteiger partial charge on any atom is 0.317 e. The van der Waals surface area contributed by atoms with Gasteiger partial charge in [-0.1, -0.05) is 46.3 Å². The van der Waals surface area contributed by atoms with Gasteiger partial charge in [-0.25, -0.2) is 0 Å². The fourth-order valence-electron chi connectivity index (χ4n) is 18.7. The van der Waals surface area contributed by atoms with Crippen LogP contribution in [0.1, 0.15) is 134 Å². The van der Waals surface area contributed by atoms with Crippen LogP contribution in [0.5, 0.6) is 0 Å². The molecule has 0 radical (unpaired) electrons. The molecule has 100 heavy (non-hydrogen) atoms. The molecule has 32 heteroatoms. The molecule has 5 heterocycles. The minimum Gasteiger partial charge on any atom is -0.481 e. The van der Waals surface area contributed by atoms with Crippen LogP contribution in [0, 0.1) is 62.1 Å². The molecule has 0 aromatic carbocycles. The normalized spacial score (nSPS) is 50.6. The zero-order valence-corrected chi connectivity index (χ0v) is 58.6. The smallest absolute Gasteiger partial charge is 0.317 e. The van der Waals surface area contributed by atoms with Gasteiger partial charge in [0.2, 0.25) is 6.29 Å². The number of aliphatic carboxylic acids is 1. The SMILES string of the molecule is CC(O)C(C)C(=O)OC(C)C(C)C(=O)OC1C(C)OC(OC(=O)C23CCC(C)(C)CC2C2=CCC4C5(C)CC(O)C(OC6OC(CO)C(O)C(O)C6O)C(C)(C(=O)O)C5CCC4(C)C2(C)CC3O)C(OC2OC(C)C(OC3OCC(O)C(O)C3O)C(O)C2OC2OCC(O)C(O)C2O)C1O. The summed E-state index contributed by atoms with van der Waals surface area (Å²) in [7, 11) is 0. The number of rotatable bonds is 18. The van der Waals surface area contributed by atoms with Crippen molar-refractivity contribution in [3.63, 3.8) is 0 Å². The highest BCUT2D eigenvalue weighted by Crippen LogP contribution is 2.76. The second kappa shape index (κ2) is 29.4. The minimum atomic E-state index is -2.09. The van der Waals surface area contributed by atoms with Gasteiger partial charge in [0.25, 0.3) is 0 Å². The van der Waals surface area contributed by atoms with E-state index in [4.69, 9.17) is 56.8 Å². The zero-order chi connectivity index (χ0) is 73.9. The van der Waals surface area contributed by atoms with Gasteiger partial charge in [-0.2, -0.15) is 0 Å². The first-order valence-corrected chi connectivity index (χ1v) is 35.1. The van der Waals surface area contributed by atoms with E-state index in [0.29, 0.717) is 25.7 Å². The molecule has 0 aromatic heterocycles. The van der Waals surface area contributed by atoms with Crippen LogP contribution >= 0.6 is 0 Å². The first kappa shape index (κ1) is 79.2. The van der Waals surface area contributed by atoms with E-state index in [1.54, 1.807) is 0 Å². The van der Waals surface area contributed by atoms with Crippen LogP contribution in [0.4, 0.5) is 0 Å². The topological polar surface area (TPSA) is 503 Å². The third kappa shape index (κ3) is 13.6. The number of hydrogen-bond donors (Lipinski definition) is 16. The Balaban J connectivity index is 0.982. The largest absolute Gasteiger partial charge is 0.481 e. The number of aliphatic hydroxyl groups excluding tert-OH is 15. The van der Waals surface area contributed by atoms with Gasteiger partial charge < -0.3 is 139 Å². The number of carbonyl (C=O) groups excluding carboxylic acids is 3. The summed E-state index contributed by atoms with van der Waals surface area (Å²) in [5, 5.41) is 178. The molecule has 0 bridgehead atoms. The molecule has 32 nitrogen and oxygen atoms in total. The van der Waals surface area contributed by atoms with Crippen molar-refractivity contribution in [2.75, 3.05) is 19.8 Å². The van der Waals surface area contributed by atoms with E-state index < -0.39 is 272 Å². The van der Waals surface area contributed by atoms with Crippen LogP contribution in [0.25, 0.3) is 0 Å². The van der Waals surface area contributed by atoms with E-state index in [2.05, 4.69) is 13.0 Å². The van der Waals surface area contributed by atoms with Crippen LogP contribution in [0.3, 0.4) is 0 Å². The number of fused-ring (bicyclic) bond motifs is 7. The fourth-order valence-corrected chi connectivity index (χ4v) is 18.7. The number of carboxylic acid groups (broad SMARTS) is 1. The molecule has 38 atom stereocenters. The summed E-state index contributed by atoms with van der Waals surface area (Å²) >= 11 is 0. The molecule has 4 saturated carbocycles. The van der Waals surface area contributed by atoms with Crippen molar-refractivity contribution < 1.29 is 158 Å². The first-order valence-electron chi connectivity index (χ1n) is 35.1. The monoisotopic (exact) mass is 1440 g/mol. The van der Waals surface area contributed by atoms with Gasteiger partial charge in [-0.15, -0.1) is 0 Å². The van der Waals surface area contributed by atoms with Crippen LogP contribution in [0.2, 0.25) is 0 Å². The lowest BCUT2D eigenvalue weighted by atomic mass is 9.33. The Kier molecular flexibility index (Phi) is 23.3. The van der Waals surface area contributed by atoms with Crippen molar-refractivity contribution in [3.05, 3.63) is 11.6 Å². The van der Waals surface area contributed by atoms with Gasteiger partial charge in [-0.05, 0) is 139 Å². The predicted molar refractivity (Wildman–Crippen MR) is 335 cm³/mol. The van der Waals surface area contributed by atoms with Gasteiger partial charge >= 0.3 is 23.9 Å². The Labute approximate surface area is 579 Å². The van der Waals surface area contributed by atoms with E-state index in [1.165, 1.54) is 48.5 Å². The van der Waals surface area contributed by atoms with Crippen molar-refractivity contribution in [2.24, 2.45) is 62.1 Å². The molecule has 5 saturated heterocycles. The molecule has 5 aliphatic heterocycles. The first-order chi connectivity index (χ1) is 46.6.